The summed E-state index contributed by atoms with van der Waals surface area (Å²) in [5.41, 5.74) is 0. The number of ether oxygens (including phenoxy) is 1. The molecule has 1 aliphatic rings. The van der Waals surface area contributed by atoms with Crippen molar-refractivity contribution >= 4 is 5.97 Å². The number of rotatable bonds is 1. The van der Waals surface area contributed by atoms with Gasteiger partial charge in [0.2, 0.25) is 6.10 Å². The summed E-state index contributed by atoms with van der Waals surface area (Å²) in [6.07, 6.45) is 2.45. The van der Waals surface area contributed by atoms with Gasteiger partial charge in [0, 0.05) is 18.9 Å². The Kier molecular flexibility index (Phi) is 1.58. The van der Waals surface area contributed by atoms with Crippen LogP contribution in [0.3, 0.4) is 0 Å². The molecule has 0 amide bonds. The van der Waals surface area contributed by atoms with E-state index < -0.39 is 12.1 Å². The van der Waals surface area contributed by atoms with Gasteiger partial charge in [0.1, 0.15) is 5.82 Å². The van der Waals surface area contributed by atoms with Crippen molar-refractivity contribution < 1.29 is 14.6 Å². The summed E-state index contributed by atoms with van der Waals surface area (Å²) in [6, 6.07) is 0. The minimum atomic E-state index is -0.984. The summed E-state index contributed by atoms with van der Waals surface area (Å²) in [7, 11) is 0. The van der Waals surface area contributed by atoms with E-state index in [1.165, 1.54) is 0 Å². The summed E-state index contributed by atoms with van der Waals surface area (Å²) in [5.74, 6) is -0.504. The Bertz CT molecular complexity index is 307. The molecule has 2 heterocycles. The van der Waals surface area contributed by atoms with Crippen LogP contribution >= 0.6 is 0 Å². The molecule has 0 saturated heterocycles. The second-order valence-electron chi connectivity index (χ2n) is 2.57. The van der Waals surface area contributed by atoms with Gasteiger partial charge in [-0.25, -0.2) is 9.78 Å². The summed E-state index contributed by atoms with van der Waals surface area (Å²) in [5, 5.41) is 8.73. The van der Waals surface area contributed by atoms with Crippen molar-refractivity contribution in [3.8, 4) is 0 Å². The molecule has 0 radical (unpaired) electrons. The number of fused-ring (bicyclic) bond motifs is 1. The third kappa shape index (κ3) is 0.984. The van der Waals surface area contributed by atoms with E-state index in [1.807, 2.05) is 0 Å². The standard InChI is InChI=1S/C7H8N2O3/c10-7(11)5-6-8-1-2-9(6)3-4-12-5/h1-2,5H,3-4H2,(H,10,11)/t5-/m1/s1. The first-order chi connectivity index (χ1) is 5.79. The van der Waals surface area contributed by atoms with Crippen molar-refractivity contribution in [2.75, 3.05) is 6.61 Å². The Morgan fingerprint density at radius 2 is 2.67 bits per heavy atom. The Morgan fingerprint density at radius 1 is 1.83 bits per heavy atom. The van der Waals surface area contributed by atoms with Crippen LogP contribution in [0.25, 0.3) is 0 Å². The molecular formula is C7H8N2O3. The number of carboxylic acids is 1. The van der Waals surface area contributed by atoms with Gasteiger partial charge in [0.15, 0.2) is 0 Å². The molecule has 0 aliphatic carbocycles. The summed E-state index contributed by atoms with van der Waals surface area (Å²) < 4.78 is 6.84. The van der Waals surface area contributed by atoms with Crippen LogP contribution in [0.15, 0.2) is 12.4 Å². The van der Waals surface area contributed by atoms with Gasteiger partial charge in [-0.15, -0.1) is 0 Å². The van der Waals surface area contributed by atoms with Gasteiger partial charge in [-0.05, 0) is 0 Å². The summed E-state index contributed by atoms with van der Waals surface area (Å²) in [6.45, 7) is 1.11. The molecule has 1 aromatic heterocycles. The highest BCUT2D eigenvalue weighted by Crippen LogP contribution is 2.19. The van der Waals surface area contributed by atoms with Gasteiger partial charge in [-0.2, -0.15) is 0 Å². The molecule has 1 aromatic rings. The third-order valence-corrected chi connectivity index (χ3v) is 1.82. The topological polar surface area (TPSA) is 64.3 Å². The molecule has 0 bridgehead atoms. The first kappa shape index (κ1) is 7.30. The normalized spacial score (nSPS) is 21.8. The fourth-order valence-electron chi connectivity index (χ4n) is 1.27. The van der Waals surface area contributed by atoms with Crippen molar-refractivity contribution in [3.05, 3.63) is 18.2 Å². The van der Waals surface area contributed by atoms with Crippen molar-refractivity contribution in [2.24, 2.45) is 0 Å². The van der Waals surface area contributed by atoms with Gasteiger partial charge in [0.05, 0.1) is 6.61 Å². The molecule has 0 aromatic carbocycles. The lowest BCUT2D eigenvalue weighted by Crippen LogP contribution is -2.26. The van der Waals surface area contributed by atoms with E-state index in [1.54, 1.807) is 17.0 Å². The van der Waals surface area contributed by atoms with Crippen LogP contribution in [0.4, 0.5) is 0 Å². The number of carboxylic acid groups (broad SMARTS) is 1. The van der Waals surface area contributed by atoms with Gasteiger partial charge in [-0.3, -0.25) is 0 Å². The Balaban J connectivity index is 2.37. The third-order valence-electron chi connectivity index (χ3n) is 1.82. The average Bonchev–Trinajstić information content (AvgIpc) is 2.49. The van der Waals surface area contributed by atoms with E-state index in [9.17, 15) is 4.79 Å². The van der Waals surface area contributed by atoms with Crippen molar-refractivity contribution in [1.82, 2.24) is 9.55 Å². The highest BCUT2D eigenvalue weighted by Gasteiger charge is 2.28. The van der Waals surface area contributed by atoms with Crippen LogP contribution in [0.5, 0.6) is 0 Å². The molecule has 0 spiro atoms. The van der Waals surface area contributed by atoms with Crippen molar-refractivity contribution in [1.29, 1.82) is 0 Å². The van der Waals surface area contributed by atoms with Crippen LogP contribution in [0, 0.1) is 0 Å². The smallest absolute Gasteiger partial charge is 0.340 e. The number of carbonyl (C=O) groups is 1. The van der Waals surface area contributed by atoms with Crippen LogP contribution < -0.4 is 0 Å². The molecule has 1 atom stereocenters. The predicted molar refractivity (Wildman–Crippen MR) is 38.6 cm³/mol. The first-order valence-corrected chi connectivity index (χ1v) is 3.64. The van der Waals surface area contributed by atoms with E-state index in [0.29, 0.717) is 19.0 Å². The molecule has 12 heavy (non-hydrogen) atoms. The molecule has 64 valence electrons. The quantitative estimate of drug-likeness (QED) is 0.643. The largest absolute Gasteiger partial charge is 0.479 e. The van der Waals surface area contributed by atoms with E-state index in [2.05, 4.69) is 4.98 Å². The van der Waals surface area contributed by atoms with Gasteiger partial charge in [0.25, 0.3) is 0 Å². The Labute approximate surface area is 68.6 Å². The van der Waals surface area contributed by atoms with Crippen LogP contribution in [0.1, 0.15) is 11.9 Å². The summed E-state index contributed by atoms with van der Waals surface area (Å²) in [4.78, 5) is 14.6. The molecule has 1 N–H and O–H groups in total. The lowest BCUT2D eigenvalue weighted by Gasteiger charge is -2.20. The maximum Gasteiger partial charge on any atom is 0.340 e. The van der Waals surface area contributed by atoms with E-state index >= 15 is 0 Å². The number of imidazole rings is 1. The minimum Gasteiger partial charge on any atom is -0.479 e. The number of hydrogen-bond donors (Lipinski definition) is 1. The van der Waals surface area contributed by atoms with Crippen molar-refractivity contribution in [2.45, 2.75) is 12.6 Å². The maximum absolute atomic E-state index is 10.6. The fraction of sp³-hybridized carbons (Fsp3) is 0.429. The number of hydrogen-bond acceptors (Lipinski definition) is 3. The Hall–Kier alpha value is -1.36. The molecule has 0 unspecified atom stereocenters. The fourth-order valence-corrected chi connectivity index (χ4v) is 1.27. The van der Waals surface area contributed by atoms with Gasteiger partial charge >= 0.3 is 5.97 Å². The number of nitrogens with zero attached hydrogens (tertiary/aromatic N) is 2. The Morgan fingerprint density at radius 3 is 3.42 bits per heavy atom. The number of aliphatic carboxylic acids is 1. The molecule has 1 aliphatic heterocycles. The second kappa shape index (κ2) is 2.60. The lowest BCUT2D eigenvalue weighted by atomic mass is 10.3. The van der Waals surface area contributed by atoms with Gasteiger partial charge < -0.3 is 14.4 Å². The van der Waals surface area contributed by atoms with Crippen LogP contribution in [-0.4, -0.2) is 27.2 Å². The summed E-state index contributed by atoms with van der Waals surface area (Å²) >= 11 is 0. The zero-order valence-corrected chi connectivity index (χ0v) is 6.30. The van der Waals surface area contributed by atoms with E-state index in [-0.39, 0.29) is 0 Å². The molecular weight excluding hydrogens is 160 g/mol. The van der Waals surface area contributed by atoms with Gasteiger partial charge in [-0.1, -0.05) is 0 Å². The molecule has 0 fully saturated rings. The van der Waals surface area contributed by atoms with Crippen LogP contribution in [-0.2, 0) is 16.1 Å². The lowest BCUT2D eigenvalue weighted by molar-refractivity contribution is -0.153. The SMILES string of the molecule is O=C(O)[C@@H]1OCCn2ccnc21. The predicted octanol–water partition coefficient (Wildman–Crippen LogP) is 0.0390. The highest BCUT2D eigenvalue weighted by atomic mass is 16.5. The monoisotopic (exact) mass is 168 g/mol. The molecule has 5 nitrogen and oxygen atoms in total. The molecule has 0 saturated carbocycles. The first-order valence-electron chi connectivity index (χ1n) is 3.64. The van der Waals surface area contributed by atoms with E-state index in [0.717, 1.165) is 0 Å². The zero-order chi connectivity index (χ0) is 8.55. The molecule has 5 heteroatoms. The minimum absolute atomic E-state index is 0.431. The molecule has 2 rings (SSSR count). The second-order valence-corrected chi connectivity index (χ2v) is 2.57. The van der Waals surface area contributed by atoms with Crippen LogP contribution in [0.2, 0.25) is 0 Å². The maximum atomic E-state index is 10.6. The average molecular weight is 168 g/mol. The zero-order valence-electron chi connectivity index (χ0n) is 6.30. The highest BCUT2D eigenvalue weighted by molar-refractivity contribution is 5.73. The number of aromatic nitrogens is 2. The van der Waals surface area contributed by atoms with Crippen molar-refractivity contribution in [3.63, 3.8) is 0 Å². The van der Waals surface area contributed by atoms with E-state index in [4.69, 9.17) is 9.84 Å².